The van der Waals surface area contributed by atoms with Crippen LogP contribution in [0.5, 0.6) is 5.75 Å². The van der Waals surface area contributed by atoms with E-state index in [-0.39, 0.29) is 18.1 Å². The zero-order valence-corrected chi connectivity index (χ0v) is 15.1. The average molecular weight is 337 g/mol. The lowest BCUT2D eigenvalue weighted by molar-refractivity contribution is -0.136. The number of benzene rings is 1. The van der Waals surface area contributed by atoms with E-state index in [4.69, 9.17) is 14.2 Å². The minimum atomic E-state index is -0.962. The first-order valence-corrected chi connectivity index (χ1v) is 8.25. The van der Waals surface area contributed by atoms with E-state index in [0.717, 1.165) is 6.42 Å². The van der Waals surface area contributed by atoms with Crippen LogP contribution in [0, 0.1) is 0 Å². The Hall–Kier alpha value is -2.08. The van der Waals surface area contributed by atoms with E-state index >= 15 is 0 Å². The molecule has 0 aliphatic heterocycles. The molecule has 0 aliphatic rings. The molecular weight excluding hydrogens is 310 g/mol. The first kappa shape index (κ1) is 20.0. The quantitative estimate of drug-likeness (QED) is 0.699. The van der Waals surface area contributed by atoms with Crippen LogP contribution in [0.1, 0.15) is 51.4 Å². The highest BCUT2D eigenvalue weighted by Gasteiger charge is 2.28. The van der Waals surface area contributed by atoms with E-state index in [2.05, 4.69) is 5.32 Å². The maximum absolute atomic E-state index is 12.3. The number of carbonyl (C=O) groups is 2. The maximum Gasteiger partial charge on any atom is 0.341 e. The molecule has 0 radical (unpaired) electrons. The molecule has 0 saturated carbocycles. The third kappa shape index (κ3) is 5.53. The van der Waals surface area contributed by atoms with Crippen LogP contribution in [0.15, 0.2) is 18.2 Å². The fourth-order valence-electron chi connectivity index (χ4n) is 2.02. The number of anilines is 1. The van der Waals surface area contributed by atoms with Gasteiger partial charge in [-0.2, -0.15) is 0 Å². The number of hydrogen-bond acceptors (Lipinski definition) is 5. The Morgan fingerprint density at radius 2 is 1.83 bits per heavy atom. The largest absolute Gasteiger partial charge is 0.493 e. The van der Waals surface area contributed by atoms with Crippen molar-refractivity contribution in [1.29, 1.82) is 0 Å². The van der Waals surface area contributed by atoms with E-state index in [1.54, 1.807) is 39.0 Å². The molecule has 0 spiro atoms. The van der Waals surface area contributed by atoms with Crippen molar-refractivity contribution < 1.29 is 23.8 Å². The molecule has 0 heterocycles. The van der Waals surface area contributed by atoms with Gasteiger partial charge in [0.15, 0.2) is 0 Å². The van der Waals surface area contributed by atoms with Crippen molar-refractivity contribution in [3.63, 3.8) is 0 Å². The van der Waals surface area contributed by atoms with E-state index in [1.807, 2.05) is 13.8 Å². The lowest BCUT2D eigenvalue weighted by atomic mass is 10.1. The molecule has 0 unspecified atom stereocenters. The molecule has 0 saturated heterocycles. The number of hydrogen-bond donors (Lipinski definition) is 1. The number of ether oxygens (including phenoxy) is 3. The van der Waals surface area contributed by atoms with Crippen molar-refractivity contribution in [2.24, 2.45) is 0 Å². The van der Waals surface area contributed by atoms with Crippen molar-refractivity contribution in [1.82, 2.24) is 0 Å². The van der Waals surface area contributed by atoms with Crippen LogP contribution in [0.2, 0.25) is 0 Å². The Labute approximate surface area is 143 Å². The summed E-state index contributed by atoms with van der Waals surface area (Å²) >= 11 is 0. The summed E-state index contributed by atoms with van der Waals surface area (Å²) in [5, 5.41) is 2.76. The van der Waals surface area contributed by atoms with Gasteiger partial charge in [-0.1, -0.05) is 6.92 Å². The van der Waals surface area contributed by atoms with E-state index < -0.39 is 11.6 Å². The Kier molecular flexibility index (Phi) is 7.71. The molecule has 6 heteroatoms. The Morgan fingerprint density at radius 1 is 1.12 bits per heavy atom. The minimum Gasteiger partial charge on any atom is -0.493 e. The molecule has 0 bridgehead atoms. The van der Waals surface area contributed by atoms with Gasteiger partial charge in [-0.15, -0.1) is 0 Å². The van der Waals surface area contributed by atoms with Crippen molar-refractivity contribution in [3.05, 3.63) is 23.8 Å². The molecule has 0 aliphatic carbocycles. The molecule has 1 N–H and O–H groups in total. The van der Waals surface area contributed by atoms with Crippen LogP contribution in [0.3, 0.4) is 0 Å². The third-order valence-corrected chi connectivity index (χ3v) is 3.25. The minimum absolute atomic E-state index is 0.264. The standard InChI is InChI=1S/C18H27NO5/c1-6-11-23-15-10-9-13(12-14(15)16(20)22-7-2)19-17(21)18(4,5)24-8-3/h9-10,12H,6-8,11H2,1-5H3,(H,19,21). The van der Waals surface area contributed by atoms with E-state index in [9.17, 15) is 9.59 Å². The number of esters is 1. The van der Waals surface area contributed by atoms with Gasteiger partial charge in [-0.3, -0.25) is 4.79 Å². The zero-order valence-electron chi connectivity index (χ0n) is 15.1. The molecule has 0 fully saturated rings. The van der Waals surface area contributed by atoms with E-state index in [0.29, 0.717) is 24.7 Å². The van der Waals surface area contributed by atoms with E-state index in [1.165, 1.54) is 0 Å². The number of carbonyl (C=O) groups excluding carboxylic acids is 2. The highest BCUT2D eigenvalue weighted by atomic mass is 16.5. The second-order valence-corrected chi connectivity index (χ2v) is 5.68. The Balaban J connectivity index is 3.02. The average Bonchev–Trinajstić information content (AvgIpc) is 2.53. The van der Waals surface area contributed by atoms with Gasteiger partial charge in [0, 0.05) is 12.3 Å². The second-order valence-electron chi connectivity index (χ2n) is 5.68. The SMILES string of the molecule is CCCOc1ccc(NC(=O)C(C)(C)OCC)cc1C(=O)OCC. The number of rotatable bonds is 9. The van der Waals surface area contributed by atoms with Crippen LogP contribution in [-0.4, -0.2) is 37.3 Å². The van der Waals surface area contributed by atoms with Crippen molar-refractivity contribution in [3.8, 4) is 5.75 Å². The fourth-order valence-corrected chi connectivity index (χ4v) is 2.02. The van der Waals surface area contributed by atoms with Gasteiger partial charge in [0.05, 0.1) is 13.2 Å². The lowest BCUT2D eigenvalue weighted by Gasteiger charge is -2.23. The molecule has 134 valence electrons. The highest BCUT2D eigenvalue weighted by molar-refractivity contribution is 5.99. The summed E-state index contributed by atoms with van der Waals surface area (Å²) in [7, 11) is 0. The predicted octanol–water partition coefficient (Wildman–Crippen LogP) is 3.41. The van der Waals surface area contributed by atoms with Gasteiger partial charge in [0.25, 0.3) is 5.91 Å². The molecule has 6 nitrogen and oxygen atoms in total. The fraction of sp³-hybridized carbons (Fsp3) is 0.556. The predicted molar refractivity (Wildman–Crippen MR) is 92.5 cm³/mol. The van der Waals surface area contributed by atoms with Crippen molar-refractivity contribution >= 4 is 17.6 Å². The lowest BCUT2D eigenvalue weighted by Crippen LogP contribution is -2.39. The maximum atomic E-state index is 12.3. The monoisotopic (exact) mass is 337 g/mol. The summed E-state index contributed by atoms with van der Waals surface area (Å²) in [4.78, 5) is 24.4. The summed E-state index contributed by atoms with van der Waals surface area (Å²) in [6.45, 7) is 10.1. The molecule has 1 rings (SSSR count). The smallest absolute Gasteiger partial charge is 0.341 e. The number of amides is 1. The van der Waals surface area contributed by atoms with Crippen LogP contribution in [0.25, 0.3) is 0 Å². The first-order valence-electron chi connectivity index (χ1n) is 8.25. The van der Waals surface area contributed by atoms with Gasteiger partial charge < -0.3 is 19.5 Å². The van der Waals surface area contributed by atoms with Gasteiger partial charge in [0.2, 0.25) is 0 Å². The van der Waals surface area contributed by atoms with Gasteiger partial charge in [0.1, 0.15) is 16.9 Å². The van der Waals surface area contributed by atoms with Crippen LogP contribution in [-0.2, 0) is 14.3 Å². The Morgan fingerprint density at radius 3 is 2.42 bits per heavy atom. The van der Waals surface area contributed by atoms with Crippen molar-refractivity contribution in [2.75, 3.05) is 25.1 Å². The summed E-state index contributed by atoms with van der Waals surface area (Å²) in [6.07, 6.45) is 0.823. The van der Waals surface area contributed by atoms with Gasteiger partial charge in [-0.05, 0) is 52.3 Å². The molecule has 1 aromatic rings. The topological polar surface area (TPSA) is 73.9 Å². The van der Waals surface area contributed by atoms with Crippen LogP contribution >= 0.6 is 0 Å². The molecular formula is C18H27NO5. The van der Waals surface area contributed by atoms with Crippen LogP contribution < -0.4 is 10.1 Å². The number of nitrogens with one attached hydrogen (secondary N) is 1. The van der Waals surface area contributed by atoms with Gasteiger partial charge >= 0.3 is 5.97 Å². The third-order valence-electron chi connectivity index (χ3n) is 3.25. The summed E-state index contributed by atoms with van der Waals surface area (Å²) < 4.78 is 16.1. The molecule has 0 atom stereocenters. The summed E-state index contributed by atoms with van der Waals surface area (Å²) in [6, 6.07) is 4.90. The normalized spacial score (nSPS) is 11.0. The molecule has 0 aromatic heterocycles. The molecule has 1 amide bonds. The Bertz CT molecular complexity index is 569. The van der Waals surface area contributed by atoms with Gasteiger partial charge in [-0.25, -0.2) is 4.79 Å². The van der Waals surface area contributed by atoms with Crippen LogP contribution in [0.4, 0.5) is 5.69 Å². The first-order chi connectivity index (χ1) is 11.4. The summed E-state index contributed by atoms with van der Waals surface area (Å²) in [5.41, 5.74) is -0.187. The summed E-state index contributed by atoms with van der Waals surface area (Å²) in [5.74, 6) is -0.331. The molecule has 1 aromatic carbocycles. The highest BCUT2D eigenvalue weighted by Crippen LogP contribution is 2.25. The van der Waals surface area contributed by atoms with Crippen molar-refractivity contribution in [2.45, 2.75) is 46.6 Å². The second kappa shape index (κ2) is 9.27. The zero-order chi connectivity index (χ0) is 18.2. The molecule has 24 heavy (non-hydrogen) atoms.